The largest absolute Gasteiger partial charge is 0.378 e. The van der Waals surface area contributed by atoms with Gasteiger partial charge in [0.05, 0.1) is 19.3 Å². The lowest BCUT2D eigenvalue weighted by molar-refractivity contribution is -0.134. The van der Waals surface area contributed by atoms with Crippen LogP contribution in [-0.4, -0.2) is 54.7 Å². The molecule has 2 atom stereocenters. The normalized spacial score (nSPS) is 24.8. The first-order valence-electron chi connectivity index (χ1n) is 7.68. The van der Waals surface area contributed by atoms with Crippen LogP contribution in [0.4, 0.5) is 0 Å². The zero-order valence-corrected chi connectivity index (χ0v) is 15.3. The van der Waals surface area contributed by atoms with E-state index < -0.39 is 0 Å². The van der Waals surface area contributed by atoms with Crippen LogP contribution in [0.3, 0.4) is 0 Å². The van der Waals surface area contributed by atoms with E-state index in [1.807, 2.05) is 40.9 Å². The van der Waals surface area contributed by atoms with Gasteiger partial charge in [0.2, 0.25) is 5.91 Å². The number of ether oxygens (including phenoxy) is 1. The minimum atomic E-state index is 0. The summed E-state index contributed by atoms with van der Waals surface area (Å²) in [5.74, 6) is 2.16. The second kappa shape index (κ2) is 9.14. The van der Waals surface area contributed by atoms with Crippen molar-refractivity contribution in [1.82, 2.24) is 10.2 Å². The molecule has 2 aliphatic heterocycles. The van der Waals surface area contributed by atoms with E-state index in [1.165, 1.54) is 0 Å². The summed E-state index contributed by atoms with van der Waals surface area (Å²) in [6, 6.07) is 8.14. The van der Waals surface area contributed by atoms with E-state index in [-0.39, 0.29) is 30.4 Å². The zero-order valence-electron chi connectivity index (χ0n) is 12.9. The Bertz CT molecular complexity index is 509. The van der Waals surface area contributed by atoms with E-state index >= 15 is 0 Å². The van der Waals surface area contributed by atoms with Crippen LogP contribution < -0.4 is 5.32 Å². The summed E-state index contributed by atoms with van der Waals surface area (Å²) in [6.07, 6.45) is 0.509. The third-order valence-electron chi connectivity index (χ3n) is 4.12. The molecule has 4 nitrogen and oxygen atoms in total. The summed E-state index contributed by atoms with van der Waals surface area (Å²) in [5.41, 5.74) is 1.16. The third-order valence-corrected chi connectivity index (χ3v) is 5.40. The molecular weight excluding hydrogens is 355 g/mol. The van der Waals surface area contributed by atoms with Crippen molar-refractivity contribution < 1.29 is 9.53 Å². The van der Waals surface area contributed by atoms with Crippen LogP contribution in [0.25, 0.3) is 0 Å². The van der Waals surface area contributed by atoms with Gasteiger partial charge in [0, 0.05) is 42.1 Å². The molecule has 1 N–H and O–H groups in total. The van der Waals surface area contributed by atoms with Crippen LogP contribution in [0, 0.1) is 0 Å². The Balaban J connectivity index is 0.00000192. The highest BCUT2D eigenvalue weighted by Gasteiger charge is 2.30. The Morgan fingerprint density at radius 3 is 2.87 bits per heavy atom. The van der Waals surface area contributed by atoms with Crippen LogP contribution in [0.5, 0.6) is 0 Å². The van der Waals surface area contributed by atoms with Crippen LogP contribution in [-0.2, 0) is 9.53 Å². The van der Waals surface area contributed by atoms with E-state index in [4.69, 9.17) is 16.3 Å². The molecule has 2 unspecified atom stereocenters. The van der Waals surface area contributed by atoms with Crippen LogP contribution in [0.1, 0.15) is 18.0 Å². The lowest BCUT2D eigenvalue weighted by Crippen LogP contribution is -2.47. The molecule has 2 heterocycles. The van der Waals surface area contributed by atoms with E-state index in [2.05, 4.69) is 5.32 Å². The summed E-state index contributed by atoms with van der Waals surface area (Å²) in [5, 5.41) is 4.09. The second-order valence-corrected chi connectivity index (χ2v) is 7.25. The third kappa shape index (κ3) is 5.00. The number of carbonyl (C=O) groups is 1. The average Bonchev–Trinajstić information content (AvgIpc) is 2.56. The molecule has 7 heteroatoms. The van der Waals surface area contributed by atoms with Crippen LogP contribution >= 0.6 is 35.8 Å². The first kappa shape index (κ1) is 18.9. The molecule has 2 aliphatic rings. The molecule has 0 bridgehead atoms. The van der Waals surface area contributed by atoms with Crippen molar-refractivity contribution in [3.8, 4) is 0 Å². The fraction of sp³-hybridized carbons (Fsp3) is 0.562. The van der Waals surface area contributed by atoms with Crippen molar-refractivity contribution in [3.05, 3.63) is 34.9 Å². The molecule has 0 aliphatic carbocycles. The SMILES string of the molecule is Cl.O=C(CC1COCCN1)N1CCSCC1c1ccc(Cl)cc1. The topological polar surface area (TPSA) is 41.6 Å². The van der Waals surface area contributed by atoms with Gasteiger partial charge in [-0.05, 0) is 17.7 Å². The van der Waals surface area contributed by atoms with Gasteiger partial charge in [-0.3, -0.25) is 4.79 Å². The van der Waals surface area contributed by atoms with Gasteiger partial charge in [0.15, 0.2) is 0 Å². The number of hydrogen-bond donors (Lipinski definition) is 1. The first-order valence-corrected chi connectivity index (χ1v) is 9.21. The minimum Gasteiger partial charge on any atom is -0.378 e. The fourth-order valence-electron chi connectivity index (χ4n) is 2.94. The first-order chi connectivity index (χ1) is 10.7. The number of rotatable bonds is 3. The number of carbonyl (C=O) groups excluding carboxylic acids is 1. The van der Waals surface area contributed by atoms with Crippen molar-refractivity contribution in [3.63, 3.8) is 0 Å². The highest BCUT2D eigenvalue weighted by atomic mass is 35.5. The Kier molecular flexibility index (Phi) is 7.50. The van der Waals surface area contributed by atoms with Gasteiger partial charge in [-0.25, -0.2) is 0 Å². The Labute approximate surface area is 152 Å². The van der Waals surface area contributed by atoms with E-state index in [0.717, 1.165) is 41.8 Å². The summed E-state index contributed by atoms with van der Waals surface area (Å²) < 4.78 is 5.44. The number of hydrogen-bond acceptors (Lipinski definition) is 4. The van der Waals surface area contributed by atoms with Crippen molar-refractivity contribution >= 4 is 41.7 Å². The van der Waals surface area contributed by atoms with E-state index in [0.29, 0.717) is 13.0 Å². The molecule has 3 rings (SSSR count). The van der Waals surface area contributed by atoms with Gasteiger partial charge < -0.3 is 15.0 Å². The molecule has 128 valence electrons. The Morgan fingerprint density at radius 1 is 1.39 bits per heavy atom. The maximum atomic E-state index is 12.7. The monoisotopic (exact) mass is 376 g/mol. The molecule has 0 saturated carbocycles. The predicted molar refractivity (Wildman–Crippen MR) is 97.7 cm³/mol. The lowest BCUT2D eigenvalue weighted by atomic mass is 10.1. The van der Waals surface area contributed by atoms with Gasteiger partial charge in [-0.15, -0.1) is 12.4 Å². The lowest BCUT2D eigenvalue weighted by Gasteiger charge is -2.37. The van der Waals surface area contributed by atoms with Gasteiger partial charge in [-0.2, -0.15) is 11.8 Å². The van der Waals surface area contributed by atoms with Gasteiger partial charge >= 0.3 is 0 Å². The number of benzene rings is 1. The average molecular weight is 377 g/mol. The maximum Gasteiger partial charge on any atom is 0.224 e. The molecule has 1 aromatic carbocycles. The molecule has 1 amide bonds. The van der Waals surface area contributed by atoms with Gasteiger partial charge in [0.25, 0.3) is 0 Å². The maximum absolute atomic E-state index is 12.7. The van der Waals surface area contributed by atoms with E-state index in [9.17, 15) is 4.79 Å². The second-order valence-electron chi connectivity index (χ2n) is 5.66. The van der Waals surface area contributed by atoms with Gasteiger partial charge in [-0.1, -0.05) is 23.7 Å². The molecule has 2 saturated heterocycles. The Morgan fingerprint density at radius 2 is 2.17 bits per heavy atom. The predicted octanol–water partition coefficient (Wildman–Crippen LogP) is 2.76. The molecule has 1 aromatic rings. The molecule has 0 aromatic heterocycles. The summed E-state index contributed by atoms with van der Waals surface area (Å²) in [6.45, 7) is 3.00. The summed E-state index contributed by atoms with van der Waals surface area (Å²) in [7, 11) is 0. The number of halogens is 2. The summed E-state index contributed by atoms with van der Waals surface area (Å²) >= 11 is 7.87. The van der Waals surface area contributed by atoms with Crippen molar-refractivity contribution in [1.29, 1.82) is 0 Å². The molecule has 0 radical (unpaired) electrons. The standard InChI is InChI=1S/C16H21ClN2O2S.ClH/c17-13-3-1-12(2-4-13)15-11-22-8-6-19(15)16(20)9-14-10-21-7-5-18-14;/h1-4,14-15,18H,5-11H2;1H. The molecular formula is C16H22Cl2N2O2S. The highest BCUT2D eigenvalue weighted by Crippen LogP contribution is 2.31. The van der Waals surface area contributed by atoms with Gasteiger partial charge in [0.1, 0.15) is 0 Å². The Hall–Kier alpha value is -0.460. The molecule has 0 spiro atoms. The molecule has 2 fully saturated rings. The number of nitrogens with zero attached hydrogens (tertiary/aromatic N) is 1. The van der Waals surface area contributed by atoms with E-state index in [1.54, 1.807) is 0 Å². The zero-order chi connectivity index (χ0) is 15.4. The quantitative estimate of drug-likeness (QED) is 0.880. The molecule has 23 heavy (non-hydrogen) atoms. The smallest absolute Gasteiger partial charge is 0.224 e. The number of nitrogens with one attached hydrogen (secondary N) is 1. The van der Waals surface area contributed by atoms with Crippen molar-refractivity contribution in [2.24, 2.45) is 0 Å². The highest BCUT2D eigenvalue weighted by molar-refractivity contribution is 7.99. The fourth-order valence-corrected chi connectivity index (χ4v) is 4.16. The minimum absolute atomic E-state index is 0. The van der Waals surface area contributed by atoms with Crippen LogP contribution in [0.15, 0.2) is 24.3 Å². The number of amides is 1. The van der Waals surface area contributed by atoms with Crippen molar-refractivity contribution in [2.75, 3.05) is 37.8 Å². The number of thioether (sulfide) groups is 1. The van der Waals surface area contributed by atoms with Crippen LogP contribution in [0.2, 0.25) is 5.02 Å². The van der Waals surface area contributed by atoms with Crippen molar-refractivity contribution in [2.45, 2.75) is 18.5 Å². The summed E-state index contributed by atoms with van der Waals surface area (Å²) in [4.78, 5) is 14.7. The number of morpholine rings is 1.